The third-order valence-electron chi connectivity index (χ3n) is 3.49. The van der Waals surface area contributed by atoms with Crippen molar-refractivity contribution in [3.63, 3.8) is 0 Å². The summed E-state index contributed by atoms with van der Waals surface area (Å²) in [6.07, 6.45) is 0.705. The van der Waals surface area contributed by atoms with Crippen LogP contribution in [0.3, 0.4) is 0 Å². The van der Waals surface area contributed by atoms with Crippen LogP contribution in [0.2, 0.25) is 0 Å². The second kappa shape index (κ2) is 7.41. The van der Waals surface area contributed by atoms with Crippen LogP contribution in [-0.2, 0) is 20.8 Å². The second-order valence-corrected chi connectivity index (χ2v) is 5.22. The molecule has 0 atom stereocenters. The molecular weight excluding hydrogens is 306 g/mol. The molecule has 2 aromatic carbocycles. The summed E-state index contributed by atoms with van der Waals surface area (Å²) >= 11 is 0. The molecule has 0 aliphatic heterocycles. The summed E-state index contributed by atoms with van der Waals surface area (Å²) in [5, 5.41) is 2.57. The number of anilines is 3. The van der Waals surface area contributed by atoms with Crippen LogP contribution in [0.1, 0.15) is 19.4 Å². The van der Waals surface area contributed by atoms with Gasteiger partial charge >= 0.3 is 11.8 Å². The molecule has 0 aliphatic rings. The molecular formula is C18H19N3O3. The Balaban J connectivity index is 2.27. The van der Waals surface area contributed by atoms with E-state index >= 15 is 0 Å². The fourth-order valence-corrected chi connectivity index (χ4v) is 2.33. The first kappa shape index (κ1) is 17.2. The van der Waals surface area contributed by atoms with Crippen LogP contribution < -0.4 is 16.0 Å². The Morgan fingerprint density at radius 3 is 2.42 bits per heavy atom. The number of hydrogen-bond donors (Lipinski definition) is 2. The van der Waals surface area contributed by atoms with Crippen LogP contribution in [0.5, 0.6) is 0 Å². The van der Waals surface area contributed by atoms with E-state index in [0.717, 1.165) is 10.5 Å². The van der Waals surface area contributed by atoms with E-state index in [0.29, 0.717) is 17.8 Å². The molecule has 0 radical (unpaired) electrons. The van der Waals surface area contributed by atoms with Gasteiger partial charge in [0.25, 0.3) is 0 Å². The highest BCUT2D eigenvalue weighted by molar-refractivity contribution is 6.48. The van der Waals surface area contributed by atoms with Crippen LogP contribution in [0, 0.1) is 0 Å². The SMILES string of the molecule is CCc1ccccc1NC(=O)C(=O)N(C(C)=O)c1cccc(N)c1. The molecule has 2 rings (SSSR count). The van der Waals surface area contributed by atoms with Gasteiger partial charge in [0.05, 0.1) is 5.69 Å². The largest absolute Gasteiger partial charge is 0.399 e. The highest BCUT2D eigenvalue weighted by Crippen LogP contribution is 2.19. The van der Waals surface area contributed by atoms with Crippen molar-refractivity contribution in [2.75, 3.05) is 16.0 Å². The summed E-state index contributed by atoms with van der Waals surface area (Å²) in [4.78, 5) is 37.4. The van der Waals surface area contributed by atoms with Crippen molar-refractivity contribution >= 4 is 34.8 Å². The van der Waals surface area contributed by atoms with Crippen molar-refractivity contribution in [3.8, 4) is 0 Å². The number of para-hydroxylation sites is 1. The molecule has 124 valence electrons. The summed E-state index contributed by atoms with van der Waals surface area (Å²) in [6.45, 7) is 3.16. The third kappa shape index (κ3) is 3.78. The Morgan fingerprint density at radius 1 is 1.08 bits per heavy atom. The maximum atomic E-state index is 12.5. The highest BCUT2D eigenvalue weighted by atomic mass is 16.2. The van der Waals surface area contributed by atoms with Gasteiger partial charge in [-0.2, -0.15) is 0 Å². The maximum Gasteiger partial charge on any atom is 0.323 e. The molecule has 0 saturated carbocycles. The molecule has 0 unspecified atom stereocenters. The summed E-state index contributed by atoms with van der Waals surface area (Å²) in [5.74, 6) is -2.41. The number of nitrogens with two attached hydrogens (primary N) is 1. The van der Waals surface area contributed by atoms with E-state index in [1.165, 1.54) is 13.0 Å². The van der Waals surface area contributed by atoms with Gasteiger partial charge in [-0.05, 0) is 36.2 Å². The minimum Gasteiger partial charge on any atom is -0.399 e. The van der Waals surface area contributed by atoms with E-state index in [1.807, 2.05) is 19.1 Å². The third-order valence-corrected chi connectivity index (χ3v) is 3.49. The molecule has 6 nitrogen and oxygen atoms in total. The molecule has 0 fully saturated rings. The molecule has 0 spiro atoms. The lowest BCUT2D eigenvalue weighted by atomic mass is 10.1. The summed E-state index contributed by atoms with van der Waals surface area (Å²) in [5.41, 5.74) is 7.78. The number of aryl methyl sites for hydroxylation is 1. The Labute approximate surface area is 140 Å². The van der Waals surface area contributed by atoms with Gasteiger partial charge in [-0.3, -0.25) is 14.4 Å². The lowest BCUT2D eigenvalue weighted by Crippen LogP contribution is -2.42. The maximum absolute atomic E-state index is 12.5. The monoisotopic (exact) mass is 325 g/mol. The van der Waals surface area contributed by atoms with Crippen molar-refractivity contribution in [1.82, 2.24) is 0 Å². The van der Waals surface area contributed by atoms with Crippen LogP contribution >= 0.6 is 0 Å². The Morgan fingerprint density at radius 2 is 1.79 bits per heavy atom. The Hall–Kier alpha value is -3.15. The average Bonchev–Trinajstić information content (AvgIpc) is 2.55. The van der Waals surface area contributed by atoms with Gasteiger partial charge in [-0.1, -0.05) is 31.2 Å². The zero-order valence-electron chi connectivity index (χ0n) is 13.6. The van der Waals surface area contributed by atoms with Crippen molar-refractivity contribution < 1.29 is 14.4 Å². The van der Waals surface area contributed by atoms with Gasteiger partial charge in [0.15, 0.2) is 0 Å². The first-order valence-corrected chi connectivity index (χ1v) is 7.53. The Kier molecular flexibility index (Phi) is 5.31. The van der Waals surface area contributed by atoms with Gasteiger partial charge in [0.2, 0.25) is 5.91 Å². The van der Waals surface area contributed by atoms with E-state index in [1.54, 1.807) is 30.3 Å². The minimum atomic E-state index is -0.959. The number of nitrogens with one attached hydrogen (secondary N) is 1. The highest BCUT2D eigenvalue weighted by Gasteiger charge is 2.27. The number of nitrogens with zero attached hydrogens (tertiary/aromatic N) is 1. The lowest BCUT2D eigenvalue weighted by Gasteiger charge is -2.19. The number of rotatable bonds is 3. The number of carbonyl (C=O) groups excluding carboxylic acids is 3. The first-order valence-electron chi connectivity index (χ1n) is 7.53. The predicted molar refractivity (Wildman–Crippen MR) is 93.5 cm³/mol. The molecule has 0 bridgehead atoms. The molecule has 0 aliphatic carbocycles. The van der Waals surface area contributed by atoms with E-state index in [2.05, 4.69) is 5.32 Å². The van der Waals surface area contributed by atoms with Crippen LogP contribution in [0.25, 0.3) is 0 Å². The van der Waals surface area contributed by atoms with Crippen molar-refractivity contribution in [3.05, 3.63) is 54.1 Å². The number of imide groups is 1. The number of amides is 3. The zero-order valence-corrected chi connectivity index (χ0v) is 13.6. The molecule has 3 N–H and O–H groups in total. The predicted octanol–water partition coefficient (Wildman–Crippen LogP) is 2.35. The van der Waals surface area contributed by atoms with Gasteiger partial charge < -0.3 is 11.1 Å². The summed E-state index contributed by atoms with van der Waals surface area (Å²) in [6, 6.07) is 13.4. The molecule has 0 saturated heterocycles. The van der Waals surface area contributed by atoms with E-state index < -0.39 is 17.7 Å². The molecule has 0 heterocycles. The quantitative estimate of drug-likeness (QED) is 0.669. The molecule has 2 aromatic rings. The average molecular weight is 325 g/mol. The van der Waals surface area contributed by atoms with Gasteiger partial charge in [0.1, 0.15) is 0 Å². The van der Waals surface area contributed by atoms with E-state index in [4.69, 9.17) is 5.73 Å². The normalized spacial score (nSPS) is 10.1. The van der Waals surface area contributed by atoms with Crippen molar-refractivity contribution in [2.45, 2.75) is 20.3 Å². The Bertz CT molecular complexity index is 787. The fraction of sp³-hybridized carbons (Fsp3) is 0.167. The van der Waals surface area contributed by atoms with Gasteiger partial charge in [0, 0.05) is 18.3 Å². The molecule has 6 heteroatoms. The number of carbonyl (C=O) groups is 3. The van der Waals surface area contributed by atoms with Gasteiger partial charge in [-0.25, -0.2) is 4.90 Å². The standard InChI is InChI=1S/C18H19N3O3/c1-3-13-7-4-5-10-16(13)20-17(23)18(24)21(12(2)22)15-9-6-8-14(19)11-15/h4-11H,3,19H2,1-2H3,(H,20,23). The summed E-state index contributed by atoms with van der Waals surface area (Å²) < 4.78 is 0. The van der Waals surface area contributed by atoms with Crippen LogP contribution in [-0.4, -0.2) is 17.7 Å². The minimum absolute atomic E-state index is 0.256. The number of nitrogen functional groups attached to an aromatic ring is 1. The van der Waals surface area contributed by atoms with Gasteiger partial charge in [-0.15, -0.1) is 0 Å². The number of hydrogen-bond acceptors (Lipinski definition) is 4. The summed E-state index contributed by atoms with van der Waals surface area (Å²) in [7, 11) is 0. The smallest absolute Gasteiger partial charge is 0.323 e. The molecule has 3 amide bonds. The zero-order chi connectivity index (χ0) is 17.7. The van der Waals surface area contributed by atoms with E-state index in [-0.39, 0.29) is 5.69 Å². The van der Waals surface area contributed by atoms with E-state index in [9.17, 15) is 14.4 Å². The molecule has 24 heavy (non-hydrogen) atoms. The topological polar surface area (TPSA) is 92.5 Å². The lowest BCUT2D eigenvalue weighted by molar-refractivity contribution is -0.136. The van der Waals surface area contributed by atoms with Crippen molar-refractivity contribution in [1.29, 1.82) is 0 Å². The molecule has 0 aromatic heterocycles. The second-order valence-electron chi connectivity index (χ2n) is 5.22. The number of benzene rings is 2. The van der Waals surface area contributed by atoms with Crippen molar-refractivity contribution in [2.24, 2.45) is 0 Å². The first-order chi connectivity index (χ1) is 11.4. The van der Waals surface area contributed by atoms with Crippen LogP contribution in [0.4, 0.5) is 17.1 Å². The fourth-order valence-electron chi connectivity index (χ4n) is 2.33. The van der Waals surface area contributed by atoms with Crippen LogP contribution in [0.15, 0.2) is 48.5 Å².